The van der Waals surface area contributed by atoms with Gasteiger partial charge in [0.2, 0.25) is 5.91 Å². The second-order valence-electron chi connectivity index (χ2n) is 5.42. The second-order valence-corrected chi connectivity index (χ2v) is 6.48. The lowest BCUT2D eigenvalue weighted by Crippen LogP contribution is -2.25. The fourth-order valence-electron chi connectivity index (χ4n) is 2.30. The smallest absolute Gasteiger partial charge is 0.413 e. The summed E-state index contributed by atoms with van der Waals surface area (Å²) in [4.78, 5) is 29.4. The molecule has 0 spiro atoms. The van der Waals surface area contributed by atoms with Crippen LogP contribution in [0.25, 0.3) is 16.3 Å². The van der Waals surface area contributed by atoms with Gasteiger partial charge in [-0.1, -0.05) is 12.1 Å². The highest BCUT2D eigenvalue weighted by Crippen LogP contribution is 2.22. The fraction of sp³-hybridized carbons (Fsp3) is 0.105. The van der Waals surface area contributed by atoms with Crippen LogP contribution in [0.2, 0.25) is 0 Å². The summed E-state index contributed by atoms with van der Waals surface area (Å²) in [7, 11) is 2.94. The molecule has 0 radical (unpaired) electrons. The van der Waals surface area contributed by atoms with Crippen LogP contribution in [-0.4, -0.2) is 31.1 Å². The molecule has 1 N–H and O–H groups in total. The van der Waals surface area contributed by atoms with Crippen molar-refractivity contribution in [3.63, 3.8) is 0 Å². The normalized spacial score (nSPS) is 10.8. The van der Waals surface area contributed by atoms with Crippen molar-refractivity contribution in [2.24, 2.45) is 0 Å². The molecule has 0 aliphatic carbocycles. The third-order valence-corrected chi connectivity index (χ3v) is 4.66. The number of methoxy groups -OCH3 is 1. The highest BCUT2D eigenvalue weighted by Gasteiger charge is 2.10. The molecule has 0 aliphatic rings. The zero-order valence-corrected chi connectivity index (χ0v) is 15.1. The molecule has 3 rings (SSSR count). The third-order valence-electron chi connectivity index (χ3n) is 3.66. The summed E-state index contributed by atoms with van der Waals surface area (Å²) in [5.41, 5.74) is 2.22. The van der Waals surface area contributed by atoms with Crippen molar-refractivity contribution in [1.82, 2.24) is 4.98 Å². The molecule has 0 aliphatic heterocycles. The van der Waals surface area contributed by atoms with Gasteiger partial charge in [-0.15, -0.1) is 11.3 Å². The predicted molar refractivity (Wildman–Crippen MR) is 105 cm³/mol. The maximum Gasteiger partial charge on any atom is 0.413 e. The molecule has 1 heterocycles. The highest BCUT2D eigenvalue weighted by atomic mass is 32.1. The van der Waals surface area contributed by atoms with Gasteiger partial charge in [0.05, 0.1) is 17.3 Å². The van der Waals surface area contributed by atoms with E-state index in [0.29, 0.717) is 11.4 Å². The Labute approximate surface area is 154 Å². The average Bonchev–Trinajstić information content (AvgIpc) is 3.09. The first-order chi connectivity index (χ1) is 12.6. The number of carbonyl (C=O) groups excluding carboxylic acids is 2. The number of anilines is 2. The average molecular weight is 367 g/mol. The molecule has 26 heavy (non-hydrogen) atoms. The van der Waals surface area contributed by atoms with E-state index in [-0.39, 0.29) is 5.91 Å². The molecule has 0 atom stereocenters. The van der Waals surface area contributed by atoms with Crippen LogP contribution in [0.3, 0.4) is 0 Å². The molecule has 6 nitrogen and oxygen atoms in total. The van der Waals surface area contributed by atoms with Gasteiger partial charge < -0.3 is 10.1 Å². The Bertz CT molecular complexity index is 931. The first-order valence-electron chi connectivity index (χ1n) is 7.83. The molecule has 2 aromatic carbocycles. The zero-order valence-electron chi connectivity index (χ0n) is 14.3. The fourth-order valence-corrected chi connectivity index (χ4v) is 3.17. The number of ether oxygens (including phenoxy) is 1. The number of aromatic nitrogens is 1. The van der Waals surface area contributed by atoms with E-state index in [1.54, 1.807) is 37.4 Å². The molecule has 0 bridgehead atoms. The van der Waals surface area contributed by atoms with Crippen LogP contribution < -0.4 is 10.2 Å². The van der Waals surface area contributed by atoms with Gasteiger partial charge in [0, 0.05) is 24.5 Å². The minimum Gasteiger partial charge on any atom is -0.452 e. The number of carbonyl (C=O) groups is 2. The predicted octanol–water partition coefficient (Wildman–Crippen LogP) is 4.15. The SMILES string of the molecule is COC(=O)N(C)c1ccc(NC(=O)C=Cc2nc3ccccc3s2)cc1. The van der Waals surface area contributed by atoms with E-state index in [1.807, 2.05) is 24.3 Å². The van der Waals surface area contributed by atoms with Gasteiger partial charge in [-0.3, -0.25) is 9.69 Å². The number of nitrogens with one attached hydrogen (secondary N) is 1. The monoisotopic (exact) mass is 367 g/mol. The molecular weight excluding hydrogens is 350 g/mol. The Morgan fingerprint density at radius 3 is 2.58 bits per heavy atom. The van der Waals surface area contributed by atoms with Gasteiger partial charge in [0.1, 0.15) is 5.01 Å². The van der Waals surface area contributed by atoms with E-state index in [0.717, 1.165) is 15.2 Å². The molecule has 1 aromatic heterocycles. The number of fused-ring (bicyclic) bond motifs is 1. The Balaban J connectivity index is 1.63. The van der Waals surface area contributed by atoms with Crippen LogP contribution in [0.15, 0.2) is 54.6 Å². The zero-order chi connectivity index (χ0) is 18.5. The van der Waals surface area contributed by atoms with Crippen molar-refractivity contribution >= 4 is 51.0 Å². The van der Waals surface area contributed by atoms with Gasteiger partial charge in [0.25, 0.3) is 0 Å². The standard InChI is InChI=1S/C19H17N3O3S/c1-22(19(24)25-2)14-9-7-13(8-10-14)20-17(23)11-12-18-21-15-5-3-4-6-16(15)26-18/h3-12H,1-2H3,(H,20,23). The minimum atomic E-state index is -0.458. The lowest BCUT2D eigenvalue weighted by Gasteiger charge is -2.15. The van der Waals surface area contributed by atoms with Crippen molar-refractivity contribution < 1.29 is 14.3 Å². The molecule has 0 saturated heterocycles. The molecule has 2 amide bonds. The topological polar surface area (TPSA) is 71.5 Å². The van der Waals surface area contributed by atoms with E-state index in [1.165, 1.54) is 29.4 Å². The Morgan fingerprint density at radius 1 is 1.15 bits per heavy atom. The lowest BCUT2D eigenvalue weighted by atomic mass is 10.2. The van der Waals surface area contributed by atoms with Crippen molar-refractivity contribution in [3.05, 3.63) is 59.6 Å². The van der Waals surface area contributed by atoms with Gasteiger partial charge in [-0.25, -0.2) is 9.78 Å². The maximum atomic E-state index is 12.1. The summed E-state index contributed by atoms with van der Waals surface area (Å²) in [5, 5.41) is 3.55. The Morgan fingerprint density at radius 2 is 1.88 bits per heavy atom. The van der Waals surface area contributed by atoms with Crippen LogP contribution in [-0.2, 0) is 9.53 Å². The van der Waals surface area contributed by atoms with Gasteiger partial charge >= 0.3 is 6.09 Å². The number of hydrogen-bond acceptors (Lipinski definition) is 5. The maximum absolute atomic E-state index is 12.1. The molecule has 0 unspecified atom stereocenters. The number of thiazole rings is 1. The summed E-state index contributed by atoms with van der Waals surface area (Å²) in [6, 6.07) is 14.7. The summed E-state index contributed by atoms with van der Waals surface area (Å²) >= 11 is 1.53. The number of benzene rings is 2. The highest BCUT2D eigenvalue weighted by molar-refractivity contribution is 7.19. The Hall–Kier alpha value is -3.19. The van der Waals surface area contributed by atoms with Gasteiger partial charge in [0.15, 0.2) is 0 Å². The Kier molecular flexibility index (Phi) is 5.28. The summed E-state index contributed by atoms with van der Waals surface area (Å²) in [5.74, 6) is -0.252. The summed E-state index contributed by atoms with van der Waals surface area (Å²) < 4.78 is 5.74. The van der Waals surface area contributed by atoms with Gasteiger partial charge in [-0.05, 0) is 42.5 Å². The molecule has 0 fully saturated rings. The molecule has 3 aromatic rings. The van der Waals surface area contributed by atoms with Crippen LogP contribution in [0.5, 0.6) is 0 Å². The van der Waals surface area contributed by atoms with Crippen molar-refractivity contribution in [1.29, 1.82) is 0 Å². The van der Waals surface area contributed by atoms with Crippen LogP contribution in [0.1, 0.15) is 5.01 Å². The van der Waals surface area contributed by atoms with Crippen molar-refractivity contribution in [3.8, 4) is 0 Å². The van der Waals surface area contributed by atoms with E-state index in [9.17, 15) is 9.59 Å². The number of para-hydroxylation sites is 1. The first-order valence-corrected chi connectivity index (χ1v) is 8.65. The number of rotatable bonds is 4. The van der Waals surface area contributed by atoms with Crippen LogP contribution in [0.4, 0.5) is 16.2 Å². The third kappa shape index (κ3) is 4.07. The summed E-state index contributed by atoms with van der Waals surface area (Å²) in [6.45, 7) is 0. The molecule has 7 heteroatoms. The first kappa shape index (κ1) is 17.6. The van der Waals surface area contributed by atoms with E-state index < -0.39 is 6.09 Å². The van der Waals surface area contributed by atoms with Crippen molar-refractivity contribution in [2.75, 3.05) is 24.4 Å². The summed E-state index contributed by atoms with van der Waals surface area (Å²) in [6.07, 6.45) is 2.69. The van der Waals surface area contributed by atoms with E-state index >= 15 is 0 Å². The van der Waals surface area contributed by atoms with Crippen LogP contribution >= 0.6 is 11.3 Å². The molecule has 132 valence electrons. The lowest BCUT2D eigenvalue weighted by molar-refractivity contribution is -0.111. The van der Waals surface area contributed by atoms with Gasteiger partial charge in [-0.2, -0.15) is 0 Å². The number of amides is 2. The molecular formula is C19H17N3O3S. The number of nitrogens with zero attached hydrogens (tertiary/aromatic N) is 2. The van der Waals surface area contributed by atoms with E-state index in [4.69, 9.17) is 0 Å². The minimum absolute atomic E-state index is 0.252. The van der Waals surface area contributed by atoms with Crippen LogP contribution in [0, 0.1) is 0 Å². The molecule has 0 saturated carbocycles. The second kappa shape index (κ2) is 7.79. The largest absolute Gasteiger partial charge is 0.452 e. The quantitative estimate of drug-likeness (QED) is 0.703. The van der Waals surface area contributed by atoms with Crippen molar-refractivity contribution in [2.45, 2.75) is 0 Å². The number of hydrogen-bond donors (Lipinski definition) is 1. The van der Waals surface area contributed by atoms with E-state index in [2.05, 4.69) is 15.0 Å².